The Morgan fingerprint density at radius 3 is 2.44 bits per heavy atom. The number of nitrogens with zero attached hydrogens (tertiary/aromatic N) is 5. The van der Waals surface area contributed by atoms with Crippen molar-refractivity contribution in [3.05, 3.63) is 77.7 Å². The van der Waals surface area contributed by atoms with E-state index in [0.717, 1.165) is 28.2 Å². The monoisotopic (exact) mass is 479 g/mol. The fourth-order valence-corrected chi connectivity index (χ4v) is 5.22. The molecule has 1 aliphatic heterocycles. The molecule has 1 aromatic carbocycles. The van der Waals surface area contributed by atoms with E-state index in [9.17, 15) is 9.59 Å². The fourth-order valence-electron chi connectivity index (χ4n) is 4.19. The zero-order chi connectivity index (χ0) is 24.7. The van der Waals surface area contributed by atoms with Crippen molar-refractivity contribution < 1.29 is 9.53 Å². The van der Waals surface area contributed by atoms with Crippen LogP contribution in [0.2, 0.25) is 0 Å². The second-order valence-electron chi connectivity index (χ2n) is 8.50. The highest BCUT2D eigenvalue weighted by molar-refractivity contribution is 7.07. The molecule has 0 N–H and O–H groups in total. The third-order valence-electron chi connectivity index (χ3n) is 6.08. The van der Waals surface area contributed by atoms with E-state index >= 15 is 0 Å². The van der Waals surface area contributed by atoms with Gasteiger partial charge in [0.2, 0.25) is 0 Å². The minimum atomic E-state index is -0.621. The number of benzene rings is 1. The maximum Gasteiger partial charge on any atom is 0.338 e. The minimum Gasteiger partial charge on any atom is -0.463 e. The van der Waals surface area contributed by atoms with Gasteiger partial charge in [-0.15, -0.1) is 0 Å². The van der Waals surface area contributed by atoms with Gasteiger partial charge in [-0.05, 0) is 51.5 Å². The van der Waals surface area contributed by atoms with Crippen LogP contribution in [0.4, 0.5) is 5.69 Å². The molecule has 0 radical (unpaired) electrons. The Kier molecular flexibility index (Phi) is 6.31. The number of fused-ring (bicyclic) bond motifs is 1. The number of allylic oxidation sites excluding steroid dienone is 1. The van der Waals surface area contributed by atoms with Crippen LogP contribution in [0.25, 0.3) is 6.08 Å². The summed E-state index contributed by atoms with van der Waals surface area (Å²) >= 11 is 1.32. The van der Waals surface area contributed by atoms with Crippen molar-refractivity contribution in [2.24, 2.45) is 12.0 Å². The number of esters is 1. The summed E-state index contributed by atoms with van der Waals surface area (Å²) in [6.45, 7) is 7.70. The Morgan fingerprint density at radius 1 is 1.21 bits per heavy atom. The molecule has 8 nitrogen and oxygen atoms in total. The van der Waals surface area contributed by atoms with Gasteiger partial charge in [0, 0.05) is 38.1 Å². The summed E-state index contributed by atoms with van der Waals surface area (Å²) in [4.78, 5) is 33.9. The third-order valence-corrected chi connectivity index (χ3v) is 7.07. The van der Waals surface area contributed by atoms with Crippen molar-refractivity contribution in [2.75, 3.05) is 25.6 Å². The summed E-state index contributed by atoms with van der Waals surface area (Å²) in [6.07, 6.45) is 1.87. The van der Waals surface area contributed by atoms with E-state index in [-0.39, 0.29) is 12.2 Å². The molecule has 34 heavy (non-hydrogen) atoms. The second-order valence-corrected chi connectivity index (χ2v) is 9.51. The van der Waals surface area contributed by atoms with Crippen molar-refractivity contribution in [3.8, 4) is 0 Å². The Morgan fingerprint density at radius 2 is 1.88 bits per heavy atom. The lowest BCUT2D eigenvalue weighted by atomic mass is 9.95. The van der Waals surface area contributed by atoms with Gasteiger partial charge >= 0.3 is 5.97 Å². The molecule has 0 saturated heterocycles. The third kappa shape index (κ3) is 4.00. The lowest BCUT2D eigenvalue weighted by Crippen LogP contribution is -2.40. The summed E-state index contributed by atoms with van der Waals surface area (Å²) in [6, 6.07) is 7.23. The van der Waals surface area contributed by atoms with E-state index in [2.05, 4.69) is 10.1 Å². The van der Waals surface area contributed by atoms with E-state index in [1.165, 1.54) is 11.3 Å². The van der Waals surface area contributed by atoms with E-state index < -0.39 is 12.0 Å². The fraction of sp³-hybridized carbons (Fsp3) is 0.360. The zero-order valence-corrected chi connectivity index (χ0v) is 21.4. The van der Waals surface area contributed by atoms with Gasteiger partial charge in [-0.25, -0.2) is 9.79 Å². The van der Waals surface area contributed by atoms with E-state index in [1.807, 2.05) is 70.2 Å². The number of ether oxygens (including phenoxy) is 1. The first-order valence-corrected chi connectivity index (χ1v) is 11.9. The molecule has 3 heterocycles. The molecule has 0 bridgehead atoms. The minimum absolute atomic E-state index is 0.192. The van der Waals surface area contributed by atoms with Gasteiger partial charge in [0.15, 0.2) is 4.80 Å². The molecular formula is C25H29N5O3S. The van der Waals surface area contributed by atoms with Crippen molar-refractivity contribution in [3.63, 3.8) is 0 Å². The largest absolute Gasteiger partial charge is 0.463 e. The van der Waals surface area contributed by atoms with Crippen molar-refractivity contribution in [1.82, 2.24) is 14.3 Å². The van der Waals surface area contributed by atoms with Crippen molar-refractivity contribution in [2.45, 2.75) is 33.7 Å². The molecule has 178 valence electrons. The summed E-state index contributed by atoms with van der Waals surface area (Å²) in [5, 5.41) is 4.46. The lowest BCUT2D eigenvalue weighted by Gasteiger charge is -2.25. The maximum absolute atomic E-state index is 13.7. The van der Waals surface area contributed by atoms with Gasteiger partial charge in [-0.2, -0.15) is 5.10 Å². The first-order valence-electron chi connectivity index (χ1n) is 11.1. The van der Waals surface area contributed by atoms with Gasteiger partial charge < -0.3 is 9.64 Å². The van der Waals surface area contributed by atoms with Gasteiger partial charge in [0.1, 0.15) is 0 Å². The number of carbonyl (C=O) groups is 1. The number of aromatic nitrogens is 3. The average Bonchev–Trinajstić information content (AvgIpc) is 3.22. The van der Waals surface area contributed by atoms with Gasteiger partial charge in [0.25, 0.3) is 5.56 Å². The maximum atomic E-state index is 13.7. The molecule has 3 aromatic rings. The van der Waals surface area contributed by atoms with Gasteiger partial charge in [-0.1, -0.05) is 23.5 Å². The summed E-state index contributed by atoms with van der Waals surface area (Å²) < 4.78 is 9.32. The van der Waals surface area contributed by atoms with Crippen LogP contribution in [0, 0.1) is 13.8 Å². The summed E-state index contributed by atoms with van der Waals surface area (Å²) in [5.74, 6) is -0.460. The van der Waals surface area contributed by atoms with Crippen LogP contribution < -0.4 is 19.8 Å². The van der Waals surface area contributed by atoms with Crippen LogP contribution in [0.1, 0.15) is 42.4 Å². The van der Waals surface area contributed by atoms with Crippen molar-refractivity contribution >= 4 is 29.1 Å². The Bertz CT molecular complexity index is 1470. The summed E-state index contributed by atoms with van der Waals surface area (Å²) in [7, 11) is 5.82. The number of anilines is 1. The highest BCUT2D eigenvalue weighted by atomic mass is 32.1. The molecule has 0 fully saturated rings. The number of thiazole rings is 1. The van der Waals surface area contributed by atoms with E-state index in [1.54, 1.807) is 23.1 Å². The van der Waals surface area contributed by atoms with Gasteiger partial charge in [0.05, 0.1) is 34.1 Å². The Balaban J connectivity index is 1.96. The smallest absolute Gasteiger partial charge is 0.338 e. The SMILES string of the molecule is CCOC(=O)C1=C(C)N=c2sc(=Cc3c(C)nn(C)c3C)c(=O)n2C1c1ccc(N(C)C)cc1. The molecule has 0 saturated carbocycles. The molecule has 0 amide bonds. The average molecular weight is 480 g/mol. The normalized spacial score (nSPS) is 15.9. The standard InChI is InChI=1S/C25H29N5O3S/c1-8-33-24(32)21-15(3)26-25-30(22(21)17-9-11-18(12-10-17)28(5)6)23(31)20(34-25)13-19-14(2)27-29(7)16(19)4/h9-13,22H,8H2,1-7H3. The van der Waals surface area contributed by atoms with Crippen LogP contribution in [-0.2, 0) is 16.6 Å². The first kappa shape index (κ1) is 23.7. The van der Waals surface area contributed by atoms with Crippen molar-refractivity contribution in [1.29, 1.82) is 0 Å². The van der Waals surface area contributed by atoms with Crippen LogP contribution in [0.5, 0.6) is 0 Å². The van der Waals surface area contributed by atoms with Crippen LogP contribution in [0.15, 0.2) is 45.3 Å². The van der Waals surface area contributed by atoms with Crippen LogP contribution in [-0.4, -0.2) is 41.0 Å². The topological polar surface area (TPSA) is 81.7 Å². The number of hydrogen-bond acceptors (Lipinski definition) is 7. The van der Waals surface area contributed by atoms with E-state index in [0.29, 0.717) is 20.6 Å². The van der Waals surface area contributed by atoms with Crippen LogP contribution in [0.3, 0.4) is 0 Å². The number of aryl methyl sites for hydroxylation is 2. The number of hydrogen-bond donors (Lipinski definition) is 0. The molecule has 1 atom stereocenters. The van der Waals surface area contributed by atoms with Crippen LogP contribution >= 0.6 is 11.3 Å². The molecule has 0 spiro atoms. The highest BCUT2D eigenvalue weighted by Gasteiger charge is 2.33. The first-order chi connectivity index (χ1) is 16.1. The highest BCUT2D eigenvalue weighted by Crippen LogP contribution is 2.31. The zero-order valence-electron chi connectivity index (χ0n) is 20.5. The predicted molar refractivity (Wildman–Crippen MR) is 134 cm³/mol. The van der Waals surface area contributed by atoms with Gasteiger partial charge in [-0.3, -0.25) is 14.0 Å². The second kappa shape index (κ2) is 9.06. The Hall–Kier alpha value is -3.46. The lowest BCUT2D eigenvalue weighted by molar-refractivity contribution is -0.139. The molecule has 1 aliphatic rings. The number of carbonyl (C=O) groups excluding carboxylic acids is 1. The molecule has 9 heteroatoms. The molecular weight excluding hydrogens is 450 g/mol. The molecule has 2 aromatic heterocycles. The summed E-state index contributed by atoms with van der Waals surface area (Å²) in [5.41, 5.74) is 5.34. The quantitative estimate of drug-likeness (QED) is 0.524. The number of rotatable bonds is 5. The predicted octanol–water partition coefficient (Wildman–Crippen LogP) is 2.21. The molecule has 4 rings (SSSR count). The Labute approximate surface area is 202 Å². The molecule has 0 aliphatic carbocycles. The molecule has 1 unspecified atom stereocenters. The van der Waals surface area contributed by atoms with E-state index in [4.69, 9.17) is 4.74 Å².